The van der Waals surface area contributed by atoms with E-state index in [1.165, 1.54) is 0 Å². The van der Waals surface area contributed by atoms with Crippen molar-refractivity contribution in [1.82, 2.24) is 0 Å². The topological polar surface area (TPSA) is 12.4 Å². The summed E-state index contributed by atoms with van der Waals surface area (Å²) in [6.07, 6.45) is 0. The molecule has 0 fully saturated rings. The first-order valence-corrected chi connectivity index (χ1v) is 3.66. The molecule has 0 aliphatic carbocycles. The van der Waals surface area contributed by atoms with Gasteiger partial charge in [-0.15, -0.1) is 0 Å². The van der Waals surface area contributed by atoms with E-state index in [2.05, 4.69) is 17.2 Å². The van der Waals surface area contributed by atoms with Gasteiger partial charge in [0, 0.05) is 6.07 Å². The predicted molar refractivity (Wildman–Crippen MR) is 46.1 cm³/mol. The number of rotatable bonds is 1. The van der Waals surface area contributed by atoms with Crippen LogP contribution in [0, 0.1) is 11.6 Å². The van der Waals surface area contributed by atoms with E-state index in [1.807, 2.05) is 5.16 Å². The van der Waals surface area contributed by atoms with Crippen molar-refractivity contribution in [2.24, 2.45) is 4.99 Å². The van der Waals surface area contributed by atoms with Crippen LogP contribution in [0.3, 0.4) is 0 Å². The number of halogens is 3. The van der Waals surface area contributed by atoms with Crippen LogP contribution in [0.1, 0.15) is 0 Å². The molecular formula is C7H2ClF2NS. The summed E-state index contributed by atoms with van der Waals surface area (Å²) in [6.45, 7) is 0. The van der Waals surface area contributed by atoms with Gasteiger partial charge in [0.25, 0.3) is 0 Å². The quantitative estimate of drug-likeness (QED) is 0.506. The van der Waals surface area contributed by atoms with Gasteiger partial charge in [0.05, 0.1) is 10.2 Å². The summed E-state index contributed by atoms with van der Waals surface area (Å²) in [6, 6.07) is 1.63. The molecule has 0 spiro atoms. The Kier molecular flexibility index (Phi) is 2.87. The zero-order valence-corrected chi connectivity index (χ0v) is 7.22. The fraction of sp³-hybridized carbons (Fsp3) is 0. The molecule has 0 aliphatic heterocycles. The summed E-state index contributed by atoms with van der Waals surface area (Å²) in [7, 11) is 0. The molecule has 0 heterocycles. The van der Waals surface area contributed by atoms with Crippen molar-refractivity contribution in [3.63, 3.8) is 0 Å². The molecule has 0 radical (unpaired) electrons. The van der Waals surface area contributed by atoms with Crippen molar-refractivity contribution < 1.29 is 8.78 Å². The minimum absolute atomic E-state index is 0.121. The molecule has 0 saturated heterocycles. The molecule has 0 amide bonds. The van der Waals surface area contributed by atoms with Gasteiger partial charge in [-0.2, -0.15) is 4.99 Å². The van der Waals surface area contributed by atoms with Crippen LogP contribution in [0.2, 0.25) is 5.02 Å². The second-order valence-electron chi connectivity index (χ2n) is 1.92. The lowest BCUT2D eigenvalue weighted by Gasteiger charge is -1.97. The highest BCUT2D eigenvalue weighted by Gasteiger charge is 2.07. The molecule has 0 aromatic heterocycles. The van der Waals surface area contributed by atoms with E-state index < -0.39 is 11.6 Å². The van der Waals surface area contributed by atoms with Crippen molar-refractivity contribution in [1.29, 1.82) is 0 Å². The lowest BCUT2D eigenvalue weighted by Crippen LogP contribution is -1.81. The lowest BCUT2D eigenvalue weighted by atomic mass is 10.3. The van der Waals surface area contributed by atoms with Crippen LogP contribution in [-0.4, -0.2) is 5.16 Å². The molecule has 1 aromatic rings. The van der Waals surface area contributed by atoms with Crippen molar-refractivity contribution >= 4 is 34.7 Å². The fourth-order valence-electron chi connectivity index (χ4n) is 0.687. The summed E-state index contributed by atoms with van der Waals surface area (Å²) in [5.74, 6) is -1.60. The zero-order chi connectivity index (χ0) is 9.14. The fourth-order valence-corrected chi connectivity index (χ4v) is 1.02. The maximum Gasteiger partial charge on any atom is 0.154 e. The summed E-state index contributed by atoms with van der Waals surface area (Å²) >= 11 is 9.70. The van der Waals surface area contributed by atoms with Gasteiger partial charge in [0.1, 0.15) is 11.5 Å². The Labute approximate surface area is 77.7 Å². The first kappa shape index (κ1) is 9.26. The monoisotopic (exact) mass is 205 g/mol. The molecule has 0 unspecified atom stereocenters. The van der Waals surface area contributed by atoms with Gasteiger partial charge < -0.3 is 0 Å². The Hall–Kier alpha value is -0.830. The van der Waals surface area contributed by atoms with E-state index in [4.69, 9.17) is 11.6 Å². The van der Waals surface area contributed by atoms with E-state index in [0.717, 1.165) is 6.07 Å². The molecule has 0 saturated carbocycles. The third kappa shape index (κ3) is 1.85. The van der Waals surface area contributed by atoms with Gasteiger partial charge >= 0.3 is 0 Å². The van der Waals surface area contributed by atoms with Gasteiger partial charge in [-0.05, 0) is 18.3 Å². The summed E-state index contributed by atoms with van der Waals surface area (Å²) in [5, 5.41) is 1.83. The number of benzene rings is 1. The average molecular weight is 206 g/mol. The normalized spacial score (nSPS) is 9.25. The van der Waals surface area contributed by atoms with Crippen LogP contribution in [0.5, 0.6) is 0 Å². The number of nitrogens with zero attached hydrogens (tertiary/aromatic N) is 1. The molecule has 1 rings (SSSR count). The van der Waals surface area contributed by atoms with Crippen LogP contribution < -0.4 is 0 Å². The van der Waals surface area contributed by atoms with E-state index in [9.17, 15) is 8.78 Å². The molecule has 1 nitrogen and oxygen atoms in total. The summed E-state index contributed by atoms with van der Waals surface area (Å²) in [5.41, 5.74) is -0.187. The molecule has 1 aromatic carbocycles. The van der Waals surface area contributed by atoms with Crippen molar-refractivity contribution in [3.05, 3.63) is 28.8 Å². The molecule has 0 bridgehead atoms. The summed E-state index contributed by atoms with van der Waals surface area (Å²) < 4.78 is 25.2. The molecular weight excluding hydrogens is 204 g/mol. The maximum atomic E-state index is 12.8. The Morgan fingerprint density at radius 3 is 2.58 bits per heavy atom. The highest BCUT2D eigenvalue weighted by Crippen LogP contribution is 2.28. The van der Waals surface area contributed by atoms with Crippen LogP contribution in [-0.2, 0) is 0 Å². The largest absolute Gasteiger partial charge is 0.207 e. The van der Waals surface area contributed by atoms with Gasteiger partial charge in [0.2, 0.25) is 0 Å². The van der Waals surface area contributed by atoms with Crippen molar-refractivity contribution in [3.8, 4) is 0 Å². The first-order valence-electron chi connectivity index (χ1n) is 2.87. The molecule has 5 heteroatoms. The van der Waals surface area contributed by atoms with Crippen molar-refractivity contribution in [2.75, 3.05) is 0 Å². The highest BCUT2D eigenvalue weighted by molar-refractivity contribution is 7.78. The van der Waals surface area contributed by atoms with E-state index in [1.54, 1.807) is 0 Å². The van der Waals surface area contributed by atoms with Gasteiger partial charge in [-0.3, -0.25) is 0 Å². The minimum Gasteiger partial charge on any atom is -0.207 e. The second-order valence-corrected chi connectivity index (χ2v) is 2.51. The van der Waals surface area contributed by atoms with Crippen LogP contribution in [0.4, 0.5) is 14.5 Å². The number of hydrogen-bond donors (Lipinski definition) is 0. The third-order valence-electron chi connectivity index (χ3n) is 1.14. The van der Waals surface area contributed by atoms with Gasteiger partial charge in [0.15, 0.2) is 5.82 Å². The van der Waals surface area contributed by atoms with Gasteiger partial charge in [-0.1, -0.05) is 11.6 Å². The van der Waals surface area contributed by atoms with E-state index in [0.29, 0.717) is 6.07 Å². The average Bonchev–Trinajstić information content (AvgIpc) is 1.96. The molecule has 0 aliphatic rings. The first-order chi connectivity index (χ1) is 5.65. The Bertz CT molecular complexity index is 337. The molecule has 0 atom stereocenters. The maximum absolute atomic E-state index is 12.8. The standard InChI is InChI=1S/C7H2ClF2NS/c8-5-1-4(9)2-6(10)7(5)11-3-12/h1-2H. The summed E-state index contributed by atoms with van der Waals surface area (Å²) in [4.78, 5) is 3.34. The minimum atomic E-state index is -0.850. The Balaban J connectivity index is 3.37. The molecule has 0 N–H and O–H groups in total. The Morgan fingerprint density at radius 2 is 2.08 bits per heavy atom. The van der Waals surface area contributed by atoms with Crippen LogP contribution in [0.15, 0.2) is 17.1 Å². The van der Waals surface area contributed by atoms with Crippen molar-refractivity contribution in [2.45, 2.75) is 0 Å². The smallest absolute Gasteiger partial charge is 0.154 e. The van der Waals surface area contributed by atoms with Crippen LogP contribution in [0.25, 0.3) is 0 Å². The number of isothiocyanates is 1. The van der Waals surface area contributed by atoms with Gasteiger partial charge in [-0.25, -0.2) is 8.78 Å². The SMILES string of the molecule is Fc1cc(F)c(N=C=S)c(Cl)c1. The second kappa shape index (κ2) is 3.72. The highest BCUT2D eigenvalue weighted by atomic mass is 35.5. The molecule has 12 heavy (non-hydrogen) atoms. The number of thiocarbonyl (C=S) groups is 1. The van der Waals surface area contributed by atoms with E-state index in [-0.39, 0.29) is 10.7 Å². The zero-order valence-electron chi connectivity index (χ0n) is 5.64. The van der Waals surface area contributed by atoms with E-state index >= 15 is 0 Å². The predicted octanol–water partition coefficient (Wildman–Crippen LogP) is 3.35. The molecule has 62 valence electrons. The lowest BCUT2D eigenvalue weighted by molar-refractivity contribution is 0.585. The van der Waals surface area contributed by atoms with Crippen LogP contribution >= 0.6 is 23.8 Å². The third-order valence-corrected chi connectivity index (χ3v) is 1.52. The number of aliphatic imine (C=N–C) groups is 1. The number of hydrogen-bond acceptors (Lipinski definition) is 2. The Morgan fingerprint density at radius 1 is 1.42 bits per heavy atom.